The van der Waals surface area contributed by atoms with Crippen LogP contribution in [0.25, 0.3) is 16.2 Å². The Morgan fingerprint density at radius 3 is 2.81 bits per heavy atom. The summed E-state index contributed by atoms with van der Waals surface area (Å²) in [6.07, 6.45) is 3.75. The van der Waals surface area contributed by atoms with Crippen LogP contribution in [0.2, 0.25) is 0 Å². The number of aromatic nitrogens is 3. The third-order valence-corrected chi connectivity index (χ3v) is 6.09. The number of carbonyl (C=O) groups is 2. The number of halogens is 1. The van der Waals surface area contributed by atoms with E-state index in [2.05, 4.69) is 9.97 Å². The number of thiazole rings is 1. The maximum Gasteiger partial charge on any atom is 0.341 e. The third kappa shape index (κ3) is 4.13. The zero-order chi connectivity index (χ0) is 22.8. The normalized spacial score (nSPS) is 14.0. The van der Waals surface area contributed by atoms with Crippen LogP contribution in [0.15, 0.2) is 28.6 Å². The maximum atomic E-state index is 14.9. The number of Topliss-reactive ketones (excluding diaryl/α,β-unsaturated/α-hetero) is 1. The zero-order valence-corrected chi connectivity index (χ0v) is 18.1. The summed E-state index contributed by atoms with van der Waals surface area (Å²) in [5, 5.41) is 11.3. The number of hydrogen-bond donors (Lipinski definition) is 1. The summed E-state index contributed by atoms with van der Waals surface area (Å²) < 4.78 is 21.5. The number of ether oxygens (including phenoxy) is 1. The van der Waals surface area contributed by atoms with Gasteiger partial charge >= 0.3 is 5.97 Å². The number of hydrogen-bond acceptors (Lipinski definition) is 8. The standard InChI is InChI=1S/C21H21FN4O5S/c1-2-31-6-3-4-16(27)12-9-25(10-12)19-15(22)8-13-17(28)14(20(29)30)11-26(18(13)24-19)21-23-5-7-32-21/h5,7-8,11-12H,2-4,6,9-10H2,1H3,(H,29,30). The summed E-state index contributed by atoms with van der Waals surface area (Å²) >= 11 is 1.23. The van der Waals surface area contributed by atoms with Crippen LogP contribution in [-0.4, -0.2) is 57.7 Å². The van der Waals surface area contributed by atoms with Crippen LogP contribution in [0.4, 0.5) is 10.2 Å². The fourth-order valence-electron chi connectivity index (χ4n) is 3.62. The number of rotatable bonds is 9. The molecule has 11 heteroatoms. The highest BCUT2D eigenvalue weighted by atomic mass is 32.1. The van der Waals surface area contributed by atoms with Crippen molar-refractivity contribution in [2.45, 2.75) is 19.8 Å². The van der Waals surface area contributed by atoms with Crippen LogP contribution in [-0.2, 0) is 9.53 Å². The Kier molecular flexibility index (Phi) is 6.28. The summed E-state index contributed by atoms with van der Waals surface area (Å²) in [6, 6.07) is 1.01. The molecule has 3 aromatic heterocycles. The average Bonchev–Trinajstić information content (AvgIpc) is 3.26. The molecule has 1 N–H and O–H groups in total. The first-order valence-electron chi connectivity index (χ1n) is 10.1. The second-order valence-electron chi connectivity index (χ2n) is 7.40. The summed E-state index contributed by atoms with van der Waals surface area (Å²) in [5.74, 6) is -2.24. The van der Waals surface area contributed by atoms with Crippen molar-refractivity contribution in [1.82, 2.24) is 14.5 Å². The molecule has 0 amide bonds. The topological polar surface area (TPSA) is 115 Å². The van der Waals surface area contributed by atoms with E-state index in [9.17, 15) is 23.9 Å². The van der Waals surface area contributed by atoms with Crippen LogP contribution in [0, 0.1) is 11.7 Å². The molecular weight excluding hydrogens is 439 g/mol. The monoisotopic (exact) mass is 460 g/mol. The lowest BCUT2D eigenvalue weighted by molar-refractivity contribution is -0.123. The molecule has 1 fully saturated rings. The van der Waals surface area contributed by atoms with Crippen LogP contribution < -0.4 is 10.3 Å². The zero-order valence-electron chi connectivity index (χ0n) is 17.3. The molecular formula is C21H21FN4O5S. The second-order valence-corrected chi connectivity index (χ2v) is 8.27. The van der Waals surface area contributed by atoms with E-state index in [1.165, 1.54) is 22.1 Å². The minimum Gasteiger partial charge on any atom is -0.477 e. The van der Waals surface area contributed by atoms with E-state index >= 15 is 0 Å². The molecule has 4 heterocycles. The Balaban J connectivity index is 1.64. The van der Waals surface area contributed by atoms with Crippen molar-refractivity contribution in [3.05, 3.63) is 45.4 Å². The number of pyridine rings is 2. The highest BCUT2D eigenvalue weighted by Crippen LogP contribution is 2.29. The van der Waals surface area contributed by atoms with E-state index in [1.54, 1.807) is 10.3 Å². The number of anilines is 1. The summed E-state index contributed by atoms with van der Waals surface area (Å²) in [6.45, 7) is 3.70. The van der Waals surface area contributed by atoms with Crippen LogP contribution in [0.1, 0.15) is 30.1 Å². The number of ketones is 1. The van der Waals surface area contributed by atoms with Gasteiger partial charge in [-0.1, -0.05) is 0 Å². The Morgan fingerprint density at radius 2 is 2.16 bits per heavy atom. The minimum absolute atomic E-state index is 0.0173. The average molecular weight is 460 g/mol. The lowest BCUT2D eigenvalue weighted by Gasteiger charge is -2.39. The predicted molar refractivity (Wildman–Crippen MR) is 116 cm³/mol. The Hall–Kier alpha value is -3.18. The minimum atomic E-state index is -1.42. The van der Waals surface area contributed by atoms with Crippen molar-refractivity contribution in [1.29, 1.82) is 0 Å². The lowest BCUT2D eigenvalue weighted by Crippen LogP contribution is -2.51. The molecule has 1 aliphatic heterocycles. The van der Waals surface area contributed by atoms with Gasteiger partial charge in [-0.2, -0.15) is 0 Å². The van der Waals surface area contributed by atoms with Crippen molar-refractivity contribution >= 4 is 39.9 Å². The highest BCUT2D eigenvalue weighted by molar-refractivity contribution is 7.12. The first-order chi connectivity index (χ1) is 15.4. The SMILES string of the molecule is CCOCCCC(=O)C1CN(c2nc3c(cc2F)c(=O)c(C(=O)O)cn3-c2nccs2)C1. The fourth-order valence-corrected chi connectivity index (χ4v) is 4.24. The second kappa shape index (κ2) is 9.13. The molecule has 9 nitrogen and oxygen atoms in total. The summed E-state index contributed by atoms with van der Waals surface area (Å²) in [4.78, 5) is 46.6. The van der Waals surface area contributed by atoms with Gasteiger partial charge in [0.25, 0.3) is 0 Å². The molecule has 1 saturated heterocycles. The molecule has 0 aromatic carbocycles. The lowest BCUT2D eigenvalue weighted by atomic mass is 9.92. The van der Waals surface area contributed by atoms with E-state index in [0.29, 0.717) is 44.3 Å². The molecule has 4 rings (SSSR count). The molecule has 0 radical (unpaired) electrons. The summed E-state index contributed by atoms with van der Waals surface area (Å²) in [5.41, 5.74) is -1.20. The molecule has 168 valence electrons. The van der Waals surface area contributed by atoms with Gasteiger partial charge in [-0.05, 0) is 19.4 Å². The highest BCUT2D eigenvalue weighted by Gasteiger charge is 2.35. The van der Waals surface area contributed by atoms with Crippen molar-refractivity contribution < 1.29 is 23.8 Å². The first-order valence-corrected chi connectivity index (χ1v) is 11.0. The van der Waals surface area contributed by atoms with E-state index in [0.717, 1.165) is 12.3 Å². The van der Waals surface area contributed by atoms with E-state index in [1.807, 2.05) is 6.92 Å². The van der Waals surface area contributed by atoms with Gasteiger partial charge in [-0.25, -0.2) is 19.2 Å². The van der Waals surface area contributed by atoms with Crippen molar-refractivity contribution in [3.8, 4) is 5.13 Å². The Bertz CT molecular complexity index is 1220. The molecule has 0 spiro atoms. The fraction of sp³-hybridized carbons (Fsp3) is 0.381. The molecule has 32 heavy (non-hydrogen) atoms. The van der Waals surface area contributed by atoms with E-state index in [4.69, 9.17) is 4.74 Å². The number of fused-ring (bicyclic) bond motifs is 1. The Morgan fingerprint density at radius 1 is 1.38 bits per heavy atom. The molecule has 0 unspecified atom stereocenters. The number of aromatic carboxylic acids is 1. The first kappa shape index (κ1) is 22.0. The van der Waals surface area contributed by atoms with Gasteiger partial charge in [0, 0.05) is 50.5 Å². The predicted octanol–water partition coefficient (Wildman–Crippen LogP) is 2.50. The van der Waals surface area contributed by atoms with Crippen LogP contribution in [0.3, 0.4) is 0 Å². The Labute approximate surface area is 186 Å². The van der Waals surface area contributed by atoms with Crippen molar-refractivity contribution in [2.24, 2.45) is 5.92 Å². The summed E-state index contributed by atoms with van der Waals surface area (Å²) in [7, 11) is 0. The van der Waals surface area contributed by atoms with Gasteiger partial charge in [0.2, 0.25) is 5.43 Å². The van der Waals surface area contributed by atoms with Gasteiger partial charge < -0.3 is 14.7 Å². The van der Waals surface area contributed by atoms with E-state index in [-0.39, 0.29) is 28.6 Å². The third-order valence-electron chi connectivity index (χ3n) is 5.32. The smallest absolute Gasteiger partial charge is 0.341 e. The number of carboxylic acids is 1. The van der Waals surface area contributed by atoms with Gasteiger partial charge in [0.1, 0.15) is 11.3 Å². The quantitative estimate of drug-likeness (QED) is 0.485. The van der Waals surface area contributed by atoms with Crippen LogP contribution in [0.5, 0.6) is 0 Å². The number of carbonyl (C=O) groups excluding carboxylic acids is 1. The molecule has 3 aromatic rings. The number of nitrogens with zero attached hydrogens (tertiary/aromatic N) is 4. The van der Waals surface area contributed by atoms with Gasteiger partial charge in [0.05, 0.1) is 11.3 Å². The van der Waals surface area contributed by atoms with Crippen LogP contribution >= 0.6 is 11.3 Å². The van der Waals surface area contributed by atoms with E-state index < -0.39 is 22.8 Å². The maximum absolute atomic E-state index is 14.9. The molecule has 1 aliphatic rings. The molecule has 0 saturated carbocycles. The largest absolute Gasteiger partial charge is 0.477 e. The van der Waals surface area contributed by atoms with Crippen molar-refractivity contribution in [2.75, 3.05) is 31.2 Å². The van der Waals surface area contributed by atoms with Gasteiger partial charge in [0.15, 0.2) is 22.4 Å². The van der Waals surface area contributed by atoms with Gasteiger partial charge in [-0.15, -0.1) is 11.3 Å². The molecule has 0 bridgehead atoms. The van der Waals surface area contributed by atoms with Crippen molar-refractivity contribution in [3.63, 3.8) is 0 Å². The molecule has 0 aliphatic carbocycles. The number of carboxylic acid groups (broad SMARTS) is 1. The molecule has 0 atom stereocenters. The van der Waals surface area contributed by atoms with Gasteiger partial charge in [-0.3, -0.25) is 14.2 Å².